The molecule has 0 aliphatic carbocycles. The summed E-state index contributed by atoms with van der Waals surface area (Å²) in [7, 11) is 0. The summed E-state index contributed by atoms with van der Waals surface area (Å²) in [5.41, 5.74) is 6.33. The number of aryl methyl sites for hydroxylation is 1. The third-order valence-corrected chi connectivity index (χ3v) is 3.71. The van der Waals surface area contributed by atoms with Gasteiger partial charge in [0.1, 0.15) is 5.75 Å². The maximum atomic E-state index is 5.76. The van der Waals surface area contributed by atoms with Crippen molar-refractivity contribution < 1.29 is 4.74 Å². The molecule has 0 amide bonds. The number of ether oxygens (including phenoxy) is 1. The van der Waals surface area contributed by atoms with Crippen LogP contribution in [0.15, 0.2) is 46.9 Å². The van der Waals surface area contributed by atoms with E-state index in [0.717, 1.165) is 34.4 Å². The number of hydrogen-bond donors (Lipinski definition) is 2. The predicted octanol–water partition coefficient (Wildman–Crippen LogP) is 4.10. The summed E-state index contributed by atoms with van der Waals surface area (Å²) in [6.07, 6.45) is 1.01. The molecular formula is C17H21BrN2O. The zero-order valence-corrected chi connectivity index (χ0v) is 14.0. The second-order valence-corrected chi connectivity index (χ2v) is 5.99. The van der Waals surface area contributed by atoms with E-state index in [1.54, 1.807) is 0 Å². The molecule has 1 unspecified atom stereocenters. The fraction of sp³-hybridized carbons (Fsp3) is 0.294. The normalized spacial score (nSPS) is 12.2. The first-order valence-corrected chi connectivity index (χ1v) is 7.89. The molecule has 2 aromatic carbocycles. The molecule has 0 fully saturated rings. The van der Waals surface area contributed by atoms with Gasteiger partial charge in [-0.15, -0.1) is 0 Å². The van der Waals surface area contributed by atoms with Gasteiger partial charge < -0.3 is 4.74 Å². The zero-order valence-electron chi connectivity index (χ0n) is 12.4. The summed E-state index contributed by atoms with van der Waals surface area (Å²) in [5.74, 6) is 6.65. The van der Waals surface area contributed by atoms with Crippen molar-refractivity contribution >= 4 is 15.9 Å². The molecule has 0 heterocycles. The monoisotopic (exact) mass is 348 g/mol. The Labute approximate surface area is 134 Å². The highest BCUT2D eigenvalue weighted by Gasteiger charge is 2.13. The van der Waals surface area contributed by atoms with Crippen molar-refractivity contribution in [3.05, 3.63) is 63.6 Å². The van der Waals surface area contributed by atoms with Crippen LogP contribution in [-0.4, -0.2) is 6.61 Å². The number of nitrogens with two attached hydrogens (primary N) is 1. The first-order valence-electron chi connectivity index (χ1n) is 7.10. The predicted molar refractivity (Wildman–Crippen MR) is 90.3 cm³/mol. The molecule has 2 rings (SSSR count). The van der Waals surface area contributed by atoms with Crippen LogP contribution in [0.2, 0.25) is 0 Å². The molecule has 4 heteroatoms. The van der Waals surface area contributed by atoms with Crippen LogP contribution >= 0.6 is 15.9 Å². The van der Waals surface area contributed by atoms with E-state index >= 15 is 0 Å². The van der Waals surface area contributed by atoms with Crippen LogP contribution in [0.3, 0.4) is 0 Å². The van der Waals surface area contributed by atoms with E-state index < -0.39 is 0 Å². The molecule has 0 saturated heterocycles. The van der Waals surface area contributed by atoms with E-state index in [1.807, 2.05) is 24.3 Å². The Morgan fingerprint density at radius 1 is 1.14 bits per heavy atom. The van der Waals surface area contributed by atoms with Crippen molar-refractivity contribution in [3.63, 3.8) is 0 Å². The number of hydrazine groups is 1. The van der Waals surface area contributed by atoms with Gasteiger partial charge in [-0.3, -0.25) is 5.84 Å². The number of hydrogen-bond acceptors (Lipinski definition) is 3. The average molecular weight is 349 g/mol. The molecule has 0 aliphatic rings. The third-order valence-electron chi connectivity index (χ3n) is 3.25. The van der Waals surface area contributed by atoms with Gasteiger partial charge in [0, 0.05) is 4.47 Å². The highest BCUT2D eigenvalue weighted by atomic mass is 79.9. The lowest BCUT2D eigenvalue weighted by Gasteiger charge is -2.18. The standard InChI is InChI=1S/C17H21BrN2O/c1-3-8-21-16-6-4-13(5-7-16)17(20-19)14-9-12(2)10-15(18)11-14/h4-7,9-11,17,20H,3,8,19H2,1-2H3. The lowest BCUT2D eigenvalue weighted by Crippen LogP contribution is -2.28. The van der Waals surface area contributed by atoms with Crippen molar-refractivity contribution in [2.75, 3.05) is 6.61 Å². The highest BCUT2D eigenvalue weighted by Crippen LogP contribution is 2.26. The van der Waals surface area contributed by atoms with Crippen molar-refractivity contribution in [1.82, 2.24) is 5.43 Å². The van der Waals surface area contributed by atoms with Gasteiger partial charge in [-0.25, -0.2) is 5.43 Å². The summed E-state index contributed by atoms with van der Waals surface area (Å²) in [5, 5.41) is 0. The summed E-state index contributed by atoms with van der Waals surface area (Å²) >= 11 is 3.53. The molecule has 0 saturated carbocycles. The van der Waals surface area contributed by atoms with Gasteiger partial charge in [0.05, 0.1) is 12.6 Å². The Morgan fingerprint density at radius 3 is 2.43 bits per heavy atom. The Balaban J connectivity index is 2.24. The van der Waals surface area contributed by atoms with Crippen molar-refractivity contribution in [1.29, 1.82) is 0 Å². The Kier molecular flexibility index (Phi) is 5.79. The van der Waals surface area contributed by atoms with E-state index in [0.29, 0.717) is 0 Å². The second-order valence-electron chi connectivity index (χ2n) is 5.08. The minimum atomic E-state index is -0.0403. The number of benzene rings is 2. The maximum absolute atomic E-state index is 5.76. The van der Waals surface area contributed by atoms with Gasteiger partial charge in [0.25, 0.3) is 0 Å². The largest absolute Gasteiger partial charge is 0.494 e. The van der Waals surface area contributed by atoms with E-state index in [1.165, 1.54) is 5.56 Å². The number of rotatable bonds is 6. The minimum absolute atomic E-state index is 0.0403. The fourth-order valence-corrected chi connectivity index (χ4v) is 2.92. The number of nitrogens with one attached hydrogen (secondary N) is 1. The summed E-state index contributed by atoms with van der Waals surface area (Å²) in [6.45, 7) is 4.91. The molecule has 3 nitrogen and oxygen atoms in total. The molecular weight excluding hydrogens is 328 g/mol. The van der Waals surface area contributed by atoms with Gasteiger partial charge in [-0.1, -0.05) is 41.1 Å². The van der Waals surface area contributed by atoms with Crippen molar-refractivity contribution in [3.8, 4) is 5.75 Å². The number of halogens is 1. The van der Waals surface area contributed by atoms with E-state index in [4.69, 9.17) is 10.6 Å². The van der Waals surface area contributed by atoms with Gasteiger partial charge >= 0.3 is 0 Å². The molecule has 0 aromatic heterocycles. The van der Waals surface area contributed by atoms with Crippen LogP contribution in [0.1, 0.15) is 36.1 Å². The fourth-order valence-electron chi connectivity index (χ4n) is 2.29. The van der Waals surface area contributed by atoms with E-state index in [2.05, 4.69) is 53.4 Å². The quantitative estimate of drug-likeness (QED) is 0.610. The van der Waals surface area contributed by atoms with Crippen LogP contribution in [0.5, 0.6) is 5.75 Å². The molecule has 2 aromatic rings. The van der Waals surface area contributed by atoms with E-state index in [-0.39, 0.29) is 6.04 Å². The van der Waals surface area contributed by atoms with Gasteiger partial charge in [-0.2, -0.15) is 0 Å². The molecule has 0 spiro atoms. The molecule has 3 N–H and O–H groups in total. The van der Waals surface area contributed by atoms with E-state index in [9.17, 15) is 0 Å². The minimum Gasteiger partial charge on any atom is -0.494 e. The molecule has 1 atom stereocenters. The molecule has 0 bridgehead atoms. The smallest absolute Gasteiger partial charge is 0.119 e. The Bertz CT molecular complexity index is 564. The van der Waals surface area contributed by atoms with Crippen molar-refractivity contribution in [2.24, 2.45) is 5.84 Å². The molecule has 112 valence electrons. The maximum Gasteiger partial charge on any atom is 0.119 e. The topological polar surface area (TPSA) is 47.3 Å². The van der Waals surface area contributed by atoms with Crippen LogP contribution in [0.25, 0.3) is 0 Å². The summed E-state index contributed by atoms with van der Waals surface area (Å²) in [4.78, 5) is 0. The van der Waals surface area contributed by atoms with Crippen LogP contribution in [-0.2, 0) is 0 Å². The van der Waals surface area contributed by atoms with Gasteiger partial charge in [0.15, 0.2) is 0 Å². The van der Waals surface area contributed by atoms with Crippen LogP contribution in [0.4, 0.5) is 0 Å². The summed E-state index contributed by atoms with van der Waals surface area (Å²) in [6, 6.07) is 14.3. The highest BCUT2D eigenvalue weighted by molar-refractivity contribution is 9.10. The SMILES string of the molecule is CCCOc1ccc(C(NN)c2cc(C)cc(Br)c2)cc1. The van der Waals surface area contributed by atoms with Gasteiger partial charge in [0.2, 0.25) is 0 Å². The average Bonchev–Trinajstić information content (AvgIpc) is 2.46. The van der Waals surface area contributed by atoms with Gasteiger partial charge in [-0.05, 0) is 54.3 Å². The van der Waals surface area contributed by atoms with Crippen LogP contribution in [0, 0.1) is 6.92 Å². The first kappa shape index (κ1) is 16.0. The lowest BCUT2D eigenvalue weighted by atomic mass is 9.98. The second kappa shape index (κ2) is 7.59. The summed E-state index contributed by atoms with van der Waals surface area (Å²) < 4.78 is 6.66. The van der Waals surface area contributed by atoms with Crippen molar-refractivity contribution in [2.45, 2.75) is 26.3 Å². The Hall–Kier alpha value is -1.36. The molecule has 21 heavy (non-hydrogen) atoms. The molecule has 0 radical (unpaired) electrons. The Morgan fingerprint density at radius 2 is 1.86 bits per heavy atom. The third kappa shape index (κ3) is 4.30. The zero-order chi connectivity index (χ0) is 15.2. The lowest BCUT2D eigenvalue weighted by molar-refractivity contribution is 0.317. The van der Waals surface area contributed by atoms with Crippen LogP contribution < -0.4 is 16.0 Å². The first-order chi connectivity index (χ1) is 10.1. The molecule has 0 aliphatic heterocycles.